The van der Waals surface area contributed by atoms with Crippen molar-refractivity contribution in [2.24, 2.45) is 23.7 Å². The van der Waals surface area contributed by atoms with E-state index in [-0.39, 0.29) is 25.7 Å². The van der Waals surface area contributed by atoms with E-state index in [1.807, 2.05) is 0 Å². The lowest BCUT2D eigenvalue weighted by atomic mass is 9.99. The van der Waals surface area contributed by atoms with E-state index in [2.05, 4.69) is 55.4 Å². The van der Waals surface area contributed by atoms with Crippen molar-refractivity contribution in [2.45, 2.75) is 433 Å². The molecule has 0 saturated heterocycles. The quantitative estimate of drug-likeness (QED) is 0.0222. The third-order valence-electron chi connectivity index (χ3n) is 19.5. The van der Waals surface area contributed by atoms with E-state index >= 15 is 0 Å². The number of phosphoric ester groups is 2. The second kappa shape index (κ2) is 70.1. The molecule has 0 aliphatic carbocycles. The van der Waals surface area contributed by atoms with E-state index in [4.69, 9.17) is 37.0 Å². The molecule has 17 nitrogen and oxygen atoms in total. The molecule has 594 valence electrons. The summed E-state index contributed by atoms with van der Waals surface area (Å²) in [5, 5.41) is 10.6. The molecular formula is C81H158O17P2. The number of unbranched alkanes of at least 4 members (excludes halogenated alkanes) is 42. The SMILES string of the molecule is CCC(C)CCCCCCCCCCCCCCCCCCCCC(=O)OC[C@H](COP(=O)(O)OC[C@@H](O)COP(=O)(O)OC[C@@H](COC(=O)CCCCCCCCC(C)CC)OC(=O)CCCCCCCCCCCCCCC(C)C)OC(=O)CCCCCCCCCCCCC(C)C. The molecule has 0 heterocycles. The Morgan fingerprint density at radius 2 is 0.480 bits per heavy atom. The van der Waals surface area contributed by atoms with Crippen LogP contribution < -0.4 is 0 Å². The average Bonchev–Trinajstić information content (AvgIpc) is 0.943. The molecule has 0 aromatic heterocycles. The Morgan fingerprint density at radius 1 is 0.280 bits per heavy atom. The molecule has 0 aromatic carbocycles. The molecule has 3 N–H and O–H groups in total. The van der Waals surface area contributed by atoms with Crippen LogP contribution in [-0.2, 0) is 65.4 Å². The number of carbonyl (C=O) groups is 4. The van der Waals surface area contributed by atoms with Crippen molar-refractivity contribution in [1.82, 2.24) is 0 Å². The first-order valence-corrected chi connectivity index (χ1v) is 44.8. The van der Waals surface area contributed by atoms with Crippen molar-refractivity contribution in [3.63, 3.8) is 0 Å². The lowest BCUT2D eigenvalue weighted by Gasteiger charge is -2.21. The Bertz CT molecular complexity index is 1960. The number of hydrogen-bond donors (Lipinski definition) is 3. The van der Waals surface area contributed by atoms with Gasteiger partial charge in [-0.3, -0.25) is 37.3 Å². The number of hydrogen-bond acceptors (Lipinski definition) is 15. The van der Waals surface area contributed by atoms with Gasteiger partial charge >= 0.3 is 39.5 Å². The van der Waals surface area contributed by atoms with Gasteiger partial charge in [0.15, 0.2) is 12.2 Å². The maximum atomic E-state index is 13.1. The molecule has 100 heavy (non-hydrogen) atoms. The zero-order chi connectivity index (χ0) is 73.8. The number of ether oxygens (including phenoxy) is 4. The van der Waals surface area contributed by atoms with Crippen LogP contribution >= 0.6 is 15.6 Å². The predicted molar refractivity (Wildman–Crippen MR) is 409 cm³/mol. The highest BCUT2D eigenvalue weighted by Crippen LogP contribution is 2.45. The summed E-state index contributed by atoms with van der Waals surface area (Å²) >= 11 is 0. The fraction of sp³-hybridized carbons (Fsp3) is 0.951. The summed E-state index contributed by atoms with van der Waals surface area (Å²) in [5.41, 5.74) is 0. The first kappa shape index (κ1) is 98.1. The van der Waals surface area contributed by atoms with Crippen LogP contribution in [0.25, 0.3) is 0 Å². The molecule has 0 amide bonds. The third-order valence-corrected chi connectivity index (χ3v) is 21.4. The largest absolute Gasteiger partial charge is 0.472 e. The lowest BCUT2D eigenvalue weighted by Crippen LogP contribution is -2.30. The van der Waals surface area contributed by atoms with Crippen LogP contribution in [0.4, 0.5) is 0 Å². The van der Waals surface area contributed by atoms with Gasteiger partial charge in [-0.05, 0) is 49.4 Å². The van der Waals surface area contributed by atoms with E-state index in [1.54, 1.807) is 0 Å². The Balaban J connectivity index is 5.19. The number of rotatable bonds is 78. The van der Waals surface area contributed by atoms with Gasteiger partial charge < -0.3 is 33.8 Å². The van der Waals surface area contributed by atoms with Gasteiger partial charge in [0.2, 0.25) is 0 Å². The first-order valence-electron chi connectivity index (χ1n) is 41.8. The van der Waals surface area contributed by atoms with E-state index in [1.165, 1.54) is 212 Å². The average molecular weight is 1470 g/mol. The van der Waals surface area contributed by atoms with Gasteiger partial charge in [-0.2, -0.15) is 0 Å². The minimum Gasteiger partial charge on any atom is -0.462 e. The van der Waals surface area contributed by atoms with Gasteiger partial charge in [-0.15, -0.1) is 0 Å². The number of aliphatic hydroxyl groups excluding tert-OH is 1. The molecule has 0 aliphatic rings. The Labute approximate surface area is 613 Å². The second-order valence-corrected chi connectivity index (χ2v) is 33.5. The van der Waals surface area contributed by atoms with Crippen molar-refractivity contribution >= 4 is 39.5 Å². The molecule has 7 atom stereocenters. The zero-order valence-corrected chi connectivity index (χ0v) is 67.6. The number of phosphoric acid groups is 2. The fourth-order valence-corrected chi connectivity index (χ4v) is 13.9. The van der Waals surface area contributed by atoms with Gasteiger partial charge in [-0.1, -0.05) is 364 Å². The maximum absolute atomic E-state index is 13.1. The van der Waals surface area contributed by atoms with Crippen molar-refractivity contribution in [3.05, 3.63) is 0 Å². The Morgan fingerprint density at radius 3 is 0.710 bits per heavy atom. The van der Waals surface area contributed by atoms with Crippen molar-refractivity contribution < 1.29 is 80.2 Å². The van der Waals surface area contributed by atoms with Crippen LogP contribution in [-0.4, -0.2) is 96.7 Å². The van der Waals surface area contributed by atoms with Crippen LogP contribution in [0, 0.1) is 23.7 Å². The highest BCUT2D eigenvalue weighted by Gasteiger charge is 2.30. The smallest absolute Gasteiger partial charge is 0.462 e. The van der Waals surface area contributed by atoms with Crippen LogP contribution in [0.2, 0.25) is 0 Å². The van der Waals surface area contributed by atoms with Gasteiger partial charge in [-0.25, -0.2) is 9.13 Å². The fourth-order valence-electron chi connectivity index (χ4n) is 12.4. The predicted octanol–water partition coefficient (Wildman–Crippen LogP) is 24.0. The molecule has 0 saturated carbocycles. The number of esters is 4. The van der Waals surface area contributed by atoms with Gasteiger partial charge in [0.1, 0.15) is 19.3 Å². The minimum atomic E-state index is -4.96. The molecule has 4 unspecified atom stereocenters. The summed E-state index contributed by atoms with van der Waals surface area (Å²) in [7, 11) is -9.92. The second-order valence-electron chi connectivity index (χ2n) is 30.6. The van der Waals surface area contributed by atoms with E-state index in [0.29, 0.717) is 25.7 Å². The monoisotopic (exact) mass is 1470 g/mol. The Hall–Kier alpha value is -1.94. The van der Waals surface area contributed by atoms with Crippen LogP contribution in [0.1, 0.15) is 415 Å². The van der Waals surface area contributed by atoms with Gasteiger partial charge in [0.05, 0.1) is 26.4 Å². The summed E-state index contributed by atoms with van der Waals surface area (Å²) < 4.78 is 68.7. The van der Waals surface area contributed by atoms with Crippen molar-refractivity contribution in [3.8, 4) is 0 Å². The number of carbonyl (C=O) groups excluding carboxylic acids is 4. The zero-order valence-electron chi connectivity index (χ0n) is 65.8. The third kappa shape index (κ3) is 71.7. The molecule has 0 aromatic rings. The minimum absolute atomic E-state index is 0.106. The molecule has 0 rings (SSSR count). The highest BCUT2D eigenvalue weighted by atomic mass is 31.2. The summed E-state index contributed by atoms with van der Waals surface area (Å²) in [6.45, 7) is 14.3. The summed E-state index contributed by atoms with van der Waals surface area (Å²) in [4.78, 5) is 73.0. The Kier molecular flexibility index (Phi) is 68.7. The molecular weight excluding hydrogens is 1310 g/mol. The molecule has 0 spiro atoms. The van der Waals surface area contributed by atoms with Crippen LogP contribution in [0.5, 0.6) is 0 Å². The molecule has 0 fully saturated rings. The lowest BCUT2D eigenvalue weighted by molar-refractivity contribution is -0.161. The molecule has 19 heteroatoms. The van der Waals surface area contributed by atoms with E-state index in [9.17, 15) is 43.2 Å². The molecule has 0 aliphatic heterocycles. The summed E-state index contributed by atoms with van der Waals surface area (Å²) in [6, 6.07) is 0. The van der Waals surface area contributed by atoms with Gasteiger partial charge in [0.25, 0.3) is 0 Å². The molecule has 0 bridgehead atoms. The van der Waals surface area contributed by atoms with Crippen LogP contribution in [0.3, 0.4) is 0 Å². The normalized spacial score (nSPS) is 14.6. The van der Waals surface area contributed by atoms with Crippen molar-refractivity contribution in [2.75, 3.05) is 39.6 Å². The number of aliphatic hydroxyl groups is 1. The van der Waals surface area contributed by atoms with E-state index in [0.717, 1.165) is 120 Å². The highest BCUT2D eigenvalue weighted by molar-refractivity contribution is 7.47. The summed E-state index contributed by atoms with van der Waals surface area (Å²) in [5.74, 6) is 1.02. The van der Waals surface area contributed by atoms with Gasteiger partial charge in [0, 0.05) is 25.7 Å². The van der Waals surface area contributed by atoms with E-state index < -0.39 is 97.5 Å². The standard InChI is InChI=1S/C81H158O17P2/c1-9-73(7)59-51-43-35-29-22-17-15-13-11-12-14-16-18-23-30-36-45-53-61-78(83)91-67-76(97-81(86)64-56-48-38-32-26-25-28-34-42-50-58-72(5)6)69-95-99(87,88)93-65-75(82)66-94-100(89,90)96-70-77(68-92-79(84)62-54-46-40-39-44-52-60-74(8)10-2)98-80(85)63-55-47-37-31-24-20-19-21-27-33-41-49-57-71(3)4/h71-77,82H,9-70H2,1-8H3,(H,87,88)(H,89,90)/t73?,74?,75-,76-,77-/m1/s1. The topological polar surface area (TPSA) is 237 Å². The van der Waals surface area contributed by atoms with Crippen LogP contribution in [0.15, 0.2) is 0 Å². The first-order chi connectivity index (χ1) is 48.2. The maximum Gasteiger partial charge on any atom is 0.472 e. The van der Waals surface area contributed by atoms with Crippen molar-refractivity contribution in [1.29, 1.82) is 0 Å². The molecule has 0 radical (unpaired) electrons. The summed E-state index contributed by atoms with van der Waals surface area (Å²) in [6.07, 6.45) is 57.0.